The quantitative estimate of drug-likeness (QED) is 0.206. The van der Waals surface area contributed by atoms with Crippen molar-refractivity contribution in [3.05, 3.63) is 165 Å². The Balaban J connectivity index is 0.00000217. The second-order valence-corrected chi connectivity index (χ2v) is 20.4. The van der Waals surface area contributed by atoms with Gasteiger partial charge in [0.1, 0.15) is 0 Å². The van der Waals surface area contributed by atoms with Crippen LogP contribution >= 0.6 is 0 Å². The molecule has 47 heavy (non-hydrogen) atoms. The average Bonchev–Trinajstić information content (AvgIpc) is 3.66. The Kier molecular flexibility index (Phi) is 10.9. The third kappa shape index (κ3) is 6.78. The predicted octanol–water partition coefficient (Wildman–Crippen LogP) is 5.85. The van der Waals surface area contributed by atoms with E-state index in [2.05, 4.69) is 174 Å². The second-order valence-electron chi connectivity index (χ2n) is 13.7. The van der Waals surface area contributed by atoms with Crippen LogP contribution in [0.15, 0.2) is 148 Å². The first kappa shape index (κ1) is 35.2. The van der Waals surface area contributed by atoms with Gasteiger partial charge in [0.2, 0.25) is 0 Å². The van der Waals surface area contributed by atoms with Gasteiger partial charge in [0.15, 0.2) is 0 Å². The maximum absolute atomic E-state index is 2.68. The zero-order valence-corrected chi connectivity index (χ0v) is 31.9. The predicted molar refractivity (Wildman–Crippen MR) is 190 cm³/mol. The summed E-state index contributed by atoms with van der Waals surface area (Å²) in [5.74, 6) is 0.509. The number of benzene rings is 5. The van der Waals surface area contributed by atoms with E-state index in [1.807, 2.05) is 0 Å². The van der Waals surface area contributed by atoms with Crippen LogP contribution in [-0.4, -0.2) is 3.21 Å². The normalized spacial score (nSPS) is 15.4. The van der Waals surface area contributed by atoms with E-state index in [-0.39, 0.29) is 30.2 Å². The number of rotatable bonds is 6. The van der Waals surface area contributed by atoms with Gasteiger partial charge in [-0.3, -0.25) is 0 Å². The molecule has 0 spiro atoms. The van der Waals surface area contributed by atoms with Crippen molar-refractivity contribution in [3.63, 3.8) is 0 Å². The number of hydrogen-bond acceptors (Lipinski definition) is 0. The van der Waals surface area contributed by atoms with Crippen molar-refractivity contribution < 1.29 is 46.1 Å². The van der Waals surface area contributed by atoms with Gasteiger partial charge in [-0.05, 0) is 0 Å². The van der Waals surface area contributed by atoms with Gasteiger partial charge in [0, 0.05) is 0 Å². The minimum atomic E-state index is -2.68. The number of hydrogen-bond donors (Lipinski definition) is 0. The van der Waals surface area contributed by atoms with E-state index in [0.717, 1.165) is 6.42 Å². The Hall–Kier alpha value is -3.09. The molecule has 236 valence electrons. The van der Waals surface area contributed by atoms with Gasteiger partial charge in [0.25, 0.3) is 0 Å². The van der Waals surface area contributed by atoms with E-state index < -0.39 is 21.3 Å². The zero-order valence-electron chi connectivity index (χ0n) is 27.9. The molecule has 5 aromatic rings. The molecule has 2 aliphatic rings. The maximum Gasteiger partial charge on any atom is -1.00 e. The fraction of sp³-hybridized carbons (Fsp3) is 0.205. The Morgan fingerprint density at radius 3 is 1.53 bits per heavy atom. The molecule has 0 nitrogen and oxygen atoms in total. The molecule has 7 rings (SSSR count). The molecular formula is C44H42Cl2Zr. The molecule has 0 saturated carbocycles. The molecule has 0 bridgehead atoms. The molecule has 0 aliphatic heterocycles. The van der Waals surface area contributed by atoms with E-state index >= 15 is 0 Å². The van der Waals surface area contributed by atoms with Gasteiger partial charge in [-0.25, -0.2) is 0 Å². The molecule has 0 saturated heterocycles. The first-order valence-corrected chi connectivity index (χ1v) is 20.3. The minimum Gasteiger partial charge on any atom is -1.00 e. The van der Waals surface area contributed by atoms with Crippen LogP contribution < -0.4 is 24.8 Å². The van der Waals surface area contributed by atoms with E-state index in [0.29, 0.717) is 9.54 Å². The maximum atomic E-state index is 2.66. The van der Waals surface area contributed by atoms with E-state index in [9.17, 15) is 0 Å². The Bertz CT molecular complexity index is 1870. The molecular weight excluding hydrogens is 691 g/mol. The van der Waals surface area contributed by atoms with Gasteiger partial charge < -0.3 is 24.8 Å². The van der Waals surface area contributed by atoms with Crippen LogP contribution in [0.5, 0.6) is 0 Å². The molecule has 0 radical (unpaired) electrons. The van der Waals surface area contributed by atoms with Gasteiger partial charge >= 0.3 is 279 Å². The van der Waals surface area contributed by atoms with Crippen LogP contribution in [0.3, 0.4) is 0 Å². The summed E-state index contributed by atoms with van der Waals surface area (Å²) in [6.45, 7) is 12.0. The molecule has 0 aromatic heterocycles. The Morgan fingerprint density at radius 2 is 1.09 bits per heavy atom. The summed E-state index contributed by atoms with van der Waals surface area (Å²) in [6, 6.07) is 47.7. The molecule has 2 aliphatic carbocycles. The monoisotopic (exact) mass is 730 g/mol. The number of halogens is 2. The van der Waals surface area contributed by atoms with Gasteiger partial charge in [0.05, 0.1) is 0 Å². The average molecular weight is 733 g/mol. The van der Waals surface area contributed by atoms with Crippen LogP contribution in [0.1, 0.15) is 61.4 Å². The second kappa shape index (κ2) is 14.6. The zero-order chi connectivity index (χ0) is 31.1. The summed E-state index contributed by atoms with van der Waals surface area (Å²) in [6.07, 6.45) is 6.43. The minimum absolute atomic E-state index is 0. The first-order valence-electron chi connectivity index (χ1n) is 16.4. The molecule has 1 atom stereocenters. The Morgan fingerprint density at radius 1 is 0.617 bits per heavy atom. The van der Waals surface area contributed by atoms with Crippen molar-refractivity contribution in [1.29, 1.82) is 0 Å². The molecule has 0 amide bonds. The topological polar surface area (TPSA) is 0 Å². The molecule has 3 heteroatoms. The smallest absolute Gasteiger partial charge is 1.00 e. The van der Waals surface area contributed by atoms with Gasteiger partial charge in [-0.15, -0.1) is 0 Å². The van der Waals surface area contributed by atoms with Gasteiger partial charge in [-0.2, -0.15) is 0 Å². The first-order chi connectivity index (χ1) is 21.8. The standard InChI is InChI=1S/C25H17.C11H17.C8H8.2ClH.Zr/c1-3-7-18(8-4-1)20-11-13-24-22(15-20)17-23-16-21(12-14-25(23)24)19-9-5-2-6-10-19;1-5-9-6-7-10(8-9)11(2,3)4;1-2-8-6-4-3-5-7-8;;;/h1-17H;7-9H,5H2,1-4H3;3-7H,1H3;2*1H;/q;;;;;+2/p-2. The number of allylic oxidation sites excluding steroid dienone is 4. The van der Waals surface area contributed by atoms with Gasteiger partial charge in [-0.1, -0.05) is 0 Å². The van der Waals surface area contributed by atoms with Crippen LogP contribution in [0.4, 0.5) is 0 Å². The summed E-state index contributed by atoms with van der Waals surface area (Å²) >= 11 is -2.68. The fourth-order valence-corrected chi connectivity index (χ4v) is 16.6. The van der Waals surface area contributed by atoms with E-state index in [1.54, 1.807) is 6.49 Å². The third-order valence-electron chi connectivity index (χ3n) is 9.84. The molecule has 0 fully saturated rings. The summed E-state index contributed by atoms with van der Waals surface area (Å²) in [7, 11) is 0. The summed E-state index contributed by atoms with van der Waals surface area (Å²) in [5.41, 5.74) is 14.2. The summed E-state index contributed by atoms with van der Waals surface area (Å²) < 4.78 is 3.80. The van der Waals surface area contributed by atoms with Crippen molar-refractivity contribution in [2.24, 2.45) is 11.3 Å². The fourth-order valence-electron chi connectivity index (χ4n) is 7.35. The summed E-state index contributed by atoms with van der Waals surface area (Å²) in [5, 5.41) is 0. The third-order valence-corrected chi connectivity index (χ3v) is 18.3. The summed E-state index contributed by atoms with van der Waals surface area (Å²) in [4.78, 5) is 0. The molecule has 5 aromatic carbocycles. The van der Waals surface area contributed by atoms with E-state index in [4.69, 9.17) is 0 Å². The van der Waals surface area contributed by atoms with Crippen LogP contribution in [0.2, 0.25) is 0 Å². The van der Waals surface area contributed by atoms with E-state index in [1.165, 1.54) is 55.6 Å². The van der Waals surface area contributed by atoms with Crippen molar-refractivity contribution >= 4 is 3.21 Å². The van der Waals surface area contributed by atoms with Crippen molar-refractivity contribution in [3.8, 4) is 33.4 Å². The van der Waals surface area contributed by atoms with Crippen molar-refractivity contribution in [1.82, 2.24) is 0 Å². The van der Waals surface area contributed by atoms with Crippen LogP contribution in [0.25, 0.3) is 33.4 Å². The molecule has 0 N–H and O–H groups in total. The number of fused-ring (bicyclic) bond motifs is 3. The van der Waals surface area contributed by atoms with Crippen LogP contribution in [-0.2, 0) is 21.3 Å². The SMILES string of the molecule is CCC1C=C(C(C)(C)C)C=[C]1/[Zr+2](=[C](/C)c1ccccc1)[CH]1c2cc(-c3ccccc3)ccc2-c2ccc(-c3ccccc3)cc21.[Cl-].[Cl-]. The Labute approximate surface area is 301 Å². The van der Waals surface area contributed by atoms with Crippen molar-refractivity contribution in [2.45, 2.75) is 44.7 Å². The largest absolute Gasteiger partial charge is 1.00 e. The van der Waals surface area contributed by atoms with Crippen molar-refractivity contribution in [2.75, 3.05) is 0 Å². The molecule has 1 unspecified atom stereocenters. The van der Waals surface area contributed by atoms with Crippen LogP contribution in [0, 0.1) is 11.3 Å². The molecule has 0 heterocycles.